The summed E-state index contributed by atoms with van der Waals surface area (Å²) in [6, 6.07) is 14.2. The minimum Gasteiger partial charge on any atom is -0.507 e. The molecule has 21 heavy (non-hydrogen) atoms. The fraction of sp³-hybridized carbons (Fsp3) is 0.235. The standard InChI is InChI=1S/C17H19NO3/c1-12-6-5-9-14(16(12)20)17(21)18-15(10-11-19)13-7-3-2-4-8-13/h2-9,15,19-20H,10-11H2,1H3,(H,18,21). The maximum atomic E-state index is 12.3. The number of phenols is 1. The van der Waals surface area contributed by atoms with E-state index in [4.69, 9.17) is 0 Å². The summed E-state index contributed by atoms with van der Waals surface area (Å²) in [5.41, 5.74) is 1.82. The van der Waals surface area contributed by atoms with Gasteiger partial charge in [0.15, 0.2) is 0 Å². The highest BCUT2D eigenvalue weighted by molar-refractivity contribution is 5.97. The smallest absolute Gasteiger partial charge is 0.255 e. The molecular formula is C17H19NO3. The van der Waals surface area contributed by atoms with Gasteiger partial charge in [-0.05, 0) is 30.5 Å². The number of amides is 1. The molecule has 0 spiro atoms. The van der Waals surface area contributed by atoms with Crippen LogP contribution in [-0.4, -0.2) is 22.7 Å². The van der Waals surface area contributed by atoms with Gasteiger partial charge in [-0.3, -0.25) is 4.79 Å². The summed E-state index contributed by atoms with van der Waals surface area (Å²) in [6.45, 7) is 1.72. The van der Waals surface area contributed by atoms with Crippen molar-refractivity contribution in [2.45, 2.75) is 19.4 Å². The van der Waals surface area contributed by atoms with E-state index in [0.29, 0.717) is 12.0 Å². The van der Waals surface area contributed by atoms with Crippen molar-refractivity contribution in [1.29, 1.82) is 0 Å². The average Bonchev–Trinajstić information content (AvgIpc) is 2.50. The van der Waals surface area contributed by atoms with Crippen LogP contribution < -0.4 is 5.32 Å². The molecule has 0 radical (unpaired) electrons. The minimum atomic E-state index is -0.349. The fourth-order valence-corrected chi connectivity index (χ4v) is 2.21. The predicted octanol–water partition coefficient (Wildman–Crippen LogP) is 2.55. The van der Waals surface area contributed by atoms with Crippen molar-refractivity contribution >= 4 is 5.91 Å². The van der Waals surface area contributed by atoms with Crippen LogP contribution in [0.5, 0.6) is 5.75 Å². The first-order chi connectivity index (χ1) is 10.1. The Labute approximate surface area is 124 Å². The van der Waals surface area contributed by atoms with Crippen LogP contribution in [0.2, 0.25) is 0 Å². The van der Waals surface area contributed by atoms with Crippen molar-refractivity contribution in [2.24, 2.45) is 0 Å². The molecule has 0 aliphatic carbocycles. The van der Waals surface area contributed by atoms with E-state index in [1.807, 2.05) is 30.3 Å². The topological polar surface area (TPSA) is 69.6 Å². The number of phenolic OH excluding ortho intramolecular Hbond substituents is 1. The molecule has 0 bridgehead atoms. The van der Waals surface area contributed by atoms with Gasteiger partial charge in [0.05, 0.1) is 11.6 Å². The first kappa shape index (κ1) is 15.1. The van der Waals surface area contributed by atoms with E-state index in [2.05, 4.69) is 5.32 Å². The van der Waals surface area contributed by atoms with Crippen LogP contribution in [0.3, 0.4) is 0 Å². The van der Waals surface area contributed by atoms with Crippen molar-refractivity contribution in [3.8, 4) is 5.75 Å². The lowest BCUT2D eigenvalue weighted by Crippen LogP contribution is -2.29. The van der Waals surface area contributed by atoms with E-state index in [-0.39, 0.29) is 29.9 Å². The Hall–Kier alpha value is -2.33. The highest BCUT2D eigenvalue weighted by Crippen LogP contribution is 2.23. The number of aliphatic hydroxyl groups excluding tert-OH is 1. The molecule has 4 heteroatoms. The molecule has 0 saturated heterocycles. The minimum absolute atomic E-state index is 0.00851. The molecule has 4 nitrogen and oxygen atoms in total. The lowest BCUT2D eigenvalue weighted by atomic mass is 10.0. The number of hydrogen-bond donors (Lipinski definition) is 3. The first-order valence-corrected chi connectivity index (χ1v) is 6.88. The Bertz CT molecular complexity index is 611. The van der Waals surface area contributed by atoms with Crippen molar-refractivity contribution in [1.82, 2.24) is 5.32 Å². The third-order valence-corrected chi connectivity index (χ3v) is 3.41. The SMILES string of the molecule is Cc1cccc(C(=O)NC(CCO)c2ccccc2)c1O. The Morgan fingerprint density at radius 1 is 1.14 bits per heavy atom. The number of aromatic hydroxyl groups is 1. The fourth-order valence-electron chi connectivity index (χ4n) is 2.21. The average molecular weight is 285 g/mol. The van der Waals surface area contributed by atoms with Crippen molar-refractivity contribution < 1.29 is 15.0 Å². The van der Waals surface area contributed by atoms with Gasteiger partial charge in [-0.15, -0.1) is 0 Å². The number of benzene rings is 2. The van der Waals surface area contributed by atoms with Crippen LogP contribution in [0, 0.1) is 6.92 Å². The summed E-state index contributed by atoms with van der Waals surface area (Å²) in [4.78, 5) is 12.3. The van der Waals surface area contributed by atoms with Gasteiger partial charge >= 0.3 is 0 Å². The summed E-state index contributed by atoms with van der Waals surface area (Å²) >= 11 is 0. The zero-order valence-corrected chi connectivity index (χ0v) is 11.9. The zero-order chi connectivity index (χ0) is 15.2. The van der Waals surface area contributed by atoms with E-state index in [1.165, 1.54) is 0 Å². The van der Waals surface area contributed by atoms with Crippen LogP contribution in [0.25, 0.3) is 0 Å². The second kappa shape index (κ2) is 6.90. The van der Waals surface area contributed by atoms with Gasteiger partial charge < -0.3 is 15.5 Å². The molecule has 3 N–H and O–H groups in total. The van der Waals surface area contributed by atoms with E-state index >= 15 is 0 Å². The van der Waals surface area contributed by atoms with Crippen LogP contribution in [0.15, 0.2) is 48.5 Å². The highest BCUT2D eigenvalue weighted by atomic mass is 16.3. The molecule has 0 aliphatic heterocycles. The molecule has 1 amide bonds. The molecular weight excluding hydrogens is 266 g/mol. The van der Waals surface area contributed by atoms with Crippen molar-refractivity contribution in [3.63, 3.8) is 0 Å². The van der Waals surface area contributed by atoms with Crippen molar-refractivity contribution in [3.05, 3.63) is 65.2 Å². The second-order valence-electron chi connectivity index (χ2n) is 4.92. The molecule has 0 saturated carbocycles. The van der Waals surface area contributed by atoms with E-state index in [1.54, 1.807) is 25.1 Å². The van der Waals surface area contributed by atoms with Gasteiger partial charge in [0.2, 0.25) is 0 Å². The largest absolute Gasteiger partial charge is 0.507 e. The van der Waals surface area contributed by atoms with Gasteiger partial charge in [0, 0.05) is 6.61 Å². The number of rotatable bonds is 5. The van der Waals surface area contributed by atoms with Gasteiger partial charge in [0.25, 0.3) is 5.91 Å². The summed E-state index contributed by atoms with van der Waals surface area (Å²) < 4.78 is 0. The Morgan fingerprint density at radius 3 is 2.52 bits per heavy atom. The molecule has 0 aromatic heterocycles. The monoisotopic (exact) mass is 285 g/mol. The molecule has 1 atom stereocenters. The third-order valence-electron chi connectivity index (χ3n) is 3.41. The lowest BCUT2D eigenvalue weighted by Gasteiger charge is -2.19. The second-order valence-corrected chi connectivity index (χ2v) is 4.92. The van der Waals surface area contributed by atoms with E-state index in [0.717, 1.165) is 5.56 Å². The van der Waals surface area contributed by atoms with Crippen LogP contribution in [0.1, 0.15) is 33.9 Å². The normalized spacial score (nSPS) is 11.9. The predicted molar refractivity (Wildman–Crippen MR) is 81.2 cm³/mol. The van der Waals surface area contributed by atoms with Gasteiger partial charge in [-0.25, -0.2) is 0 Å². The number of para-hydroxylation sites is 1. The Morgan fingerprint density at radius 2 is 1.86 bits per heavy atom. The van der Waals surface area contributed by atoms with Gasteiger partial charge in [-0.1, -0.05) is 42.5 Å². The molecule has 0 aliphatic rings. The molecule has 2 rings (SSSR count). The Balaban J connectivity index is 2.21. The van der Waals surface area contributed by atoms with Gasteiger partial charge in [0.1, 0.15) is 5.75 Å². The van der Waals surface area contributed by atoms with Crippen LogP contribution in [-0.2, 0) is 0 Å². The molecule has 0 fully saturated rings. The third kappa shape index (κ3) is 3.61. The van der Waals surface area contributed by atoms with E-state index in [9.17, 15) is 15.0 Å². The zero-order valence-electron chi connectivity index (χ0n) is 11.9. The number of carbonyl (C=O) groups is 1. The van der Waals surface area contributed by atoms with Crippen molar-refractivity contribution in [2.75, 3.05) is 6.61 Å². The maximum Gasteiger partial charge on any atom is 0.255 e. The quantitative estimate of drug-likeness (QED) is 0.790. The number of nitrogens with one attached hydrogen (secondary N) is 1. The van der Waals surface area contributed by atoms with Crippen LogP contribution in [0.4, 0.5) is 0 Å². The molecule has 2 aromatic rings. The number of hydrogen-bond acceptors (Lipinski definition) is 3. The molecule has 110 valence electrons. The molecule has 0 heterocycles. The number of aliphatic hydroxyl groups is 1. The summed E-state index contributed by atoms with van der Waals surface area (Å²) in [5, 5.41) is 22.0. The number of aryl methyl sites for hydroxylation is 1. The Kier molecular flexibility index (Phi) is 4.95. The highest BCUT2D eigenvalue weighted by Gasteiger charge is 2.18. The lowest BCUT2D eigenvalue weighted by molar-refractivity contribution is 0.0927. The maximum absolute atomic E-state index is 12.3. The summed E-state index contributed by atoms with van der Waals surface area (Å²) in [7, 11) is 0. The molecule has 1 unspecified atom stereocenters. The first-order valence-electron chi connectivity index (χ1n) is 6.88. The number of carbonyl (C=O) groups excluding carboxylic acids is 1. The van der Waals surface area contributed by atoms with Gasteiger partial charge in [-0.2, -0.15) is 0 Å². The van der Waals surface area contributed by atoms with E-state index < -0.39 is 0 Å². The summed E-state index contributed by atoms with van der Waals surface area (Å²) in [5.74, 6) is -0.357. The summed E-state index contributed by atoms with van der Waals surface area (Å²) in [6.07, 6.45) is 0.419. The molecule has 2 aromatic carbocycles. The van der Waals surface area contributed by atoms with Crippen LogP contribution >= 0.6 is 0 Å².